The number of aromatic nitrogens is 2. The van der Waals surface area contributed by atoms with Crippen molar-refractivity contribution >= 4 is 38.0 Å². The zero-order valence-corrected chi connectivity index (χ0v) is 18.6. The molecule has 0 bridgehead atoms. The number of rotatable bonds is 6. The Morgan fingerprint density at radius 3 is 2.45 bits per heavy atom. The van der Waals surface area contributed by atoms with Gasteiger partial charge in [-0.2, -0.15) is 0 Å². The second-order valence-electron chi connectivity index (χ2n) is 7.57. The first-order valence-corrected chi connectivity index (χ1v) is 11.8. The van der Waals surface area contributed by atoms with E-state index >= 15 is 0 Å². The van der Waals surface area contributed by atoms with Crippen LogP contribution in [0.25, 0.3) is 32.8 Å². The van der Waals surface area contributed by atoms with Gasteiger partial charge in [0, 0.05) is 40.7 Å². The molecule has 5 rings (SSSR count). The van der Waals surface area contributed by atoms with Crippen LogP contribution in [0.3, 0.4) is 0 Å². The Balaban J connectivity index is 1.96. The zero-order chi connectivity index (χ0) is 23.0. The minimum absolute atomic E-state index is 0.0817. The van der Waals surface area contributed by atoms with Crippen LogP contribution in [0.1, 0.15) is 5.69 Å². The van der Waals surface area contributed by atoms with Gasteiger partial charge in [-0.3, -0.25) is 4.98 Å². The van der Waals surface area contributed by atoms with Crippen LogP contribution in [0.5, 0.6) is 5.75 Å². The predicted octanol–water partition coefficient (Wildman–Crippen LogP) is 4.84. The molecule has 3 aromatic carbocycles. The van der Waals surface area contributed by atoms with Crippen LogP contribution in [0.15, 0.2) is 90.1 Å². The lowest BCUT2D eigenvalue weighted by Gasteiger charge is -2.12. The number of carbonyl (C=O) groups excluding carboxylic acids is 1. The van der Waals surface area contributed by atoms with Crippen LogP contribution in [0.2, 0.25) is 0 Å². The fourth-order valence-corrected chi connectivity index (χ4v) is 5.86. The van der Waals surface area contributed by atoms with Crippen molar-refractivity contribution in [2.45, 2.75) is 11.3 Å². The maximum absolute atomic E-state index is 13.8. The average Bonchev–Trinajstić information content (AvgIpc) is 3.18. The summed E-state index contributed by atoms with van der Waals surface area (Å²) in [6, 6.07) is 21.2. The third-order valence-corrected chi connectivity index (χ3v) is 7.49. The highest BCUT2D eigenvalue weighted by Gasteiger charge is 2.28. The largest absolute Gasteiger partial charge is 0.497 e. The molecule has 0 aliphatic heterocycles. The first-order valence-electron chi connectivity index (χ1n) is 10.3. The van der Waals surface area contributed by atoms with Crippen LogP contribution >= 0.6 is 0 Å². The average molecular weight is 457 g/mol. The Morgan fingerprint density at radius 2 is 1.70 bits per heavy atom. The van der Waals surface area contributed by atoms with E-state index in [9.17, 15) is 13.2 Å². The number of hydrogen-bond donors (Lipinski definition) is 0. The minimum Gasteiger partial charge on any atom is -0.497 e. The number of aldehydes is 1. The maximum Gasteiger partial charge on any atom is 0.268 e. The summed E-state index contributed by atoms with van der Waals surface area (Å²) in [4.78, 5) is 16.3. The van der Waals surface area contributed by atoms with Crippen molar-refractivity contribution < 1.29 is 17.9 Å². The summed E-state index contributed by atoms with van der Waals surface area (Å²) in [6.07, 6.45) is 4.12. The summed E-state index contributed by atoms with van der Waals surface area (Å²) in [5.74, 6) is 0.587. The minimum atomic E-state index is -3.98. The van der Waals surface area contributed by atoms with Gasteiger partial charge in [0.2, 0.25) is 0 Å². The molecule has 0 fully saturated rings. The molecule has 0 spiro atoms. The van der Waals surface area contributed by atoms with E-state index in [0.29, 0.717) is 27.9 Å². The molecule has 0 saturated heterocycles. The monoisotopic (exact) mass is 456 g/mol. The molecular formula is C26H20N2O4S. The van der Waals surface area contributed by atoms with Crippen molar-refractivity contribution in [3.05, 3.63) is 90.9 Å². The van der Waals surface area contributed by atoms with E-state index in [1.54, 1.807) is 68.0 Å². The van der Waals surface area contributed by atoms with Gasteiger partial charge in [-0.1, -0.05) is 42.5 Å². The molecule has 33 heavy (non-hydrogen) atoms. The van der Waals surface area contributed by atoms with Crippen molar-refractivity contribution in [1.82, 2.24) is 8.96 Å². The number of hydrogen-bond acceptors (Lipinski definition) is 5. The second kappa shape index (κ2) is 8.18. The molecule has 0 unspecified atom stereocenters. The number of nitrogens with zero attached hydrogens (tertiary/aromatic N) is 2. The molecule has 2 heterocycles. The molecule has 0 aliphatic carbocycles. The van der Waals surface area contributed by atoms with Gasteiger partial charge in [-0.25, -0.2) is 12.4 Å². The first kappa shape index (κ1) is 20.9. The topological polar surface area (TPSA) is 78.3 Å². The van der Waals surface area contributed by atoms with Gasteiger partial charge < -0.3 is 9.53 Å². The van der Waals surface area contributed by atoms with Crippen LogP contribution in [-0.2, 0) is 21.2 Å². The summed E-state index contributed by atoms with van der Waals surface area (Å²) >= 11 is 0. The standard InChI is InChI=1S/C26H20N2O4S/c1-32-19-11-12-24-22(15-19)26(23-17-27-16-18-7-5-6-10-21(18)23)25(13-14-29)28(24)33(30,31)20-8-3-2-4-9-20/h2-12,14-17H,13H2,1H3. The van der Waals surface area contributed by atoms with E-state index in [1.807, 2.05) is 24.3 Å². The van der Waals surface area contributed by atoms with Crippen molar-refractivity contribution in [2.75, 3.05) is 7.11 Å². The lowest BCUT2D eigenvalue weighted by atomic mass is 9.97. The lowest BCUT2D eigenvalue weighted by Crippen LogP contribution is -2.16. The number of methoxy groups -OCH3 is 1. The predicted molar refractivity (Wildman–Crippen MR) is 128 cm³/mol. The van der Waals surface area contributed by atoms with Crippen LogP contribution in [-0.4, -0.2) is 30.8 Å². The van der Waals surface area contributed by atoms with Gasteiger partial charge in [-0.05, 0) is 35.7 Å². The Bertz CT molecular complexity index is 1600. The van der Waals surface area contributed by atoms with Gasteiger partial charge in [0.15, 0.2) is 0 Å². The lowest BCUT2D eigenvalue weighted by molar-refractivity contribution is -0.107. The van der Waals surface area contributed by atoms with E-state index in [0.717, 1.165) is 22.6 Å². The number of fused-ring (bicyclic) bond motifs is 2. The Morgan fingerprint density at radius 1 is 0.939 bits per heavy atom. The van der Waals surface area contributed by atoms with Crippen LogP contribution in [0, 0.1) is 0 Å². The highest BCUT2D eigenvalue weighted by molar-refractivity contribution is 7.90. The van der Waals surface area contributed by atoms with Crippen molar-refractivity contribution in [1.29, 1.82) is 0 Å². The van der Waals surface area contributed by atoms with Crippen molar-refractivity contribution in [2.24, 2.45) is 0 Å². The molecule has 0 atom stereocenters. The number of benzene rings is 3. The quantitative estimate of drug-likeness (QED) is 0.342. The van der Waals surface area contributed by atoms with E-state index in [4.69, 9.17) is 4.74 Å². The molecule has 0 radical (unpaired) electrons. The Labute approximate surface area is 191 Å². The van der Waals surface area contributed by atoms with Gasteiger partial charge >= 0.3 is 0 Å². The Hall–Kier alpha value is -3.97. The van der Waals surface area contributed by atoms with Gasteiger partial charge in [0.1, 0.15) is 12.0 Å². The molecule has 2 aromatic heterocycles. The fraction of sp³-hybridized carbons (Fsp3) is 0.0769. The van der Waals surface area contributed by atoms with Gasteiger partial charge in [0.25, 0.3) is 10.0 Å². The molecule has 0 aliphatic rings. The SMILES string of the molecule is COc1ccc2c(c1)c(-c1cncc3ccccc13)c(CC=O)n2S(=O)(=O)c1ccccc1. The number of carbonyl (C=O) groups is 1. The fourth-order valence-electron chi connectivity index (χ4n) is 4.27. The smallest absolute Gasteiger partial charge is 0.268 e. The molecule has 7 heteroatoms. The third kappa shape index (κ3) is 3.37. The molecule has 0 amide bonds. The maximum atomic E-state index is 13.8. The molecule has 6 nitrogen and oxygen atoms in total. The van der Waals surface area contributed by atoms with E-state index in [-0.39, 0.29) is 11.3 Å². The molecule has 0 N–H and O–H groups in total. The number of pyridine rings is 1. The van der Waals surface area contributed by atoms with Crippen LogP contribution < -0.4 is 4.74 Å². The second-order valence-corrected chi connectivity index (χ2v) is 9.35. The summed E-state index contributed by atoms with van der Waals surface area (Å²) in [7, 11) is -2.42. The normalized spacial score (nSPS) is 11.7. The van der Waals surface area contributed by atoms with Crippen molar-refractivity contribution in [3.63, 3.8) is 0 Å². The summed E-state index contributed by atoms with van der Waals surface area (Å²) in [5.41, 5.74) is 2.26. The summed E-state index contributed by atoms with van der Waals surface area (Å²) in [6.45, 7) is 0. The van der Waals surface area contributed by atoms with E-state index in [2.05, 4.69) is 4.98 Å². The molecule has 5 aromatic rings. The molecule has 0 saturated carbocycles. The van der Waals surface area contributed by atoms with Crippen molar-refractivity contribution in [3.8, 4) is 16.9 Å². The number of ether oxygens (including phenoxy) is 1. The molecule has 164 valence electrons. The van der Waals surface area contributed by atoms with Gasteiger partial charge in [-0.15, -0.1) is 0 Å². The van der Waals surface area contributed by atoms with E-state index in [1.165, 1.54) is 3.97 Å². The summed E-state index contributed by atoms with van der Waals surface area (Å²) in [5, 5.41) is 2.50. The highest BCUT2D eigenvalue weighted by Crippen LogP contribution is 2.41. The zero-order valence-electron chi connectivity index (χ0n) is 17.8. The summed E-state index contributed by atoms with van der Waals surface area (Å²) < 4.78 is 34.3. The first-order chi connectivity index (χ1) is 16.1. The van der Waals surface area contributed by atoms with Gasteiger partial charge in [0.05, 0.1) is 23.2 Å². The molecular weight excluding hydrogens is 436 g/mol. The van der Waals surface area contributed by atoms with E-state index < -0.39 is 10.0 Å². The third-order valence-electron chi connectivity index (χ3n) is 5.72. The highest BCUT2D eigenvalue weighted by atomic mass is 32.2. The van der Waals surface area contributed by atoms with Crippen LogP contribution in [0.4, 0.5) is 0 Å². The Kier molecular flexibility index (Phi) is 5.18.